The summed E-state index contributed by atoms with van der Waals surface area (Å²) >= 11 is 0. The molecular formula is C26H33N3O4S. The lowest BCUT2D eigenvalue weighted by Gasteiger charge is -2.24. The van der Waals surface area contributed by atoms with Crippen LogP contribution in [0.2, 0.25) is 0 Å². The maximum Gasteiger partial charge on any atom is 0.243 e. The molecule has 1 fully saturated rings. The number of benzene rings is 2. The average Bonchev–Trinajstić information content (AvgIpc) is 2.98. The van der Waals surface area contributed by atoms with Crippen LogP contribution in [0.3, 0.4) is 0 Å². The zero-order valence-corrected chi connectivity index (χ0v) is 20.7. The summed E-state index contributed by atoms with van der Waals surface area (Å²) in [5, 5.41) is 2.96. The van der Waals surface area contributed by atoms with Crippen molar-refractivity contribution in [1.82, 2.24) is 9.62 Å². The molecule has 0 saturated carbocycles. The molecule has 2 aromatic rings. The molecule has 0 unspecified atom stereocenters. The lowest BCUT2D eigenvalue weighted by atomic mass is 10.1. The predicted molar refractivity (Wildman–Crippen MR) is 132 cm³/mol. The van der Waals surface area contributed by atoms with Crippen LogP contribution in [0.1, 0.15) is 49.3 Å². The number of hydrogen-bond donors (Lipinski definition) is 1. The van der Waals surface area contributed by atoms with E-state index in [9.17, 15) is 18.0 Å². The smallest absolute Gasteiger partial charge is 0.243 e. The first-order chi connectivity index (χ1) is 16.3. The number of rotatable bonds is 6. The third kappa shape index (κ3) is 5.03. The molecule has 2 heterocycles. The largest absolute Gasteiger partial charge is 0.354 e. The van der Waals surface area contributed by atoms with Gasteiger partial charge in [-0.15, -0.1) is 0 Å². The van der Waals surface area contributed by atoms with Gasteiger partial charge in [0.15, 0.2) is 0 Å². The van der Waals surface area contributed by atoms with E-state index in [2.05, 4.69) is 5.32 Å². The fraction of sp³-hybridized carbons (Fsp3) is 0.462. The van der Waals surface area contributed by atoms with E-state index in [4.69, 9.17) is 0 Å². The van der Waals surface area contributed by atoms with Crippen molar-refractivity contribution in [3.8, 4) is 0 Å². The van der Waals surface area contributed by atoms with Crippen molar-refractivity contribution >= 4 is 27.5 Å². The van der Waals surface area contributed by atoms with Gasteiger partial charge in [-0.25, -0.2) is 8.42 Å². The zero-order valence-electron chi connectivity index (χ0n) is 19.9. The standard InChI is InChI=1S/C26H33N3O4S/c1-19-9-5-6-10-21(19)13-14-27-26(31)25-18-22-17-23(11-12-24(22)29(25)20(2)30)34(32,33)28-15-7-3-4-8-16-28/h5-6,9-12,17,25H,3-4,7-8,13-16,18H2,1-2H3,(H,27,31)/t25-/m1/s1. The molecule has 4 rings (SSSR count). The molecule has 1 N–H and O–H groups in total. The van der Waals surface area contributed by atoms with Crippen LogP contribution in [0.5, 0.6) is 0 Å². The second kappa shape index (κ2) is 10.3. The van der Waals surface area contributed by atoms with Gasteiger partial charge in [-0.3, -0.25) is 14.5 Å². The molecule has 1 saturated heterocycles. The minimum Gasteiger partial charge on any atom is -0.354 e. The molecule has 2 aliphatic rings. The Morgan fingerprint density at radius 3 is 2.41 bits per heavy atom. The van der Waals surface area contributed by atoms with Crippen LogP contribution in [-0.2, 0) is 32.5 Å². The van der Waals surface area contributed by atoms with Gasteiger partial charge in [0.2, 0.25) is 21.8 Å². The molecule has 0 radical (unpaired) electrons. The van der Waals surface area contributed by atoms with Gasteiger partial charge in [0.05, 0.1) is 4.90 Å². The monoisotopic (exact) mass is 483 g/mol. The Balaban J connectivity index is 1.50. The number of carbonyl (C=O) groups excluding carboxylic acids is 2. The van der Waals surface area contributed by atoms with Crippen LogP contribution in [0.15, 0.2) is 47.4 Å². The molecule has 1 atom stereocenters. The van der Waals surface area contributed by atoms with Crippen molar-refractivity contribution in [3.05, 3.63) is 59.2 Å². The first-order valence-electron chi connectivity index (χ1n) is 12.0. The van der Waals surface area contributed by atoms with Crippen LogP contribution in [0, 0.1) is 6.92 Å². The second-order valence-corrected chi connectivity index (χ2v) is 11.1. The van der Waals surface area contributed by atoms with E-state index in [1.807, 2.05) is 31.2 Å². The molecule has 2 amide bonds. The molecule has 0 aliphatic carbocycles. The number of carbonyl (C=O) groups is 2. The first-order valence-corrected chi connectivity index (χ1v) is 13.5. The molecule has 8 heteroatoms. The summed E-state index contributed by atoms with van der Waals surface area (Å²) in [5.74, 6) is -0.460. The van der Waals surface area contributed by atoms with Crippen LogP contribution in [-0.4, -0.2) is 50.2 Å². The van der Waals surface area contributed by atoms with E-state index in [1.54, 1.807) is 22.5 Å². The Hall–Kier alpha value is -2.71. The highest BCUT2D eigenvalue weighted by Crippen LogP contribution is 2.35. The maximum atomic E-state index is 13.2. The van der Waals surface area contributed by atoms with E-state index < -0.39 is 16.1 Å². The molecule has 2 aromatic carbocycles. The number of nitrogens with zero attached hydrogens (tertiary/aromatic N) is 2. The van der Waals surface area contributed by atoms with Gasteiger partial charge in [-0.05, 0) is 61.1 Å². The minimum absolute atomic E-state index is 0.225. The number of sulfonamides is 1. The molecule has 2 aliphatic heterocycles. The van der Waals surface area contributed by atoms with Crippen molar-refractivity contribution in [1.29, 1.82) is 0 Å². The summed E-state index contributed by atoms with van der Waals surface area (Å²) in [6.45, 7) is 5.01. The van der Waals surface area contributed by atoms with Crippen molar-refractivity contribution in [2.24, 2.45) is 0 Å². The molecule has 0 spiro atoms. The summed E-state index contributed by atoms with van der Waals surface area (Å²) in [5.41, 5.74) is 3.67. The lowest BCUT2D eigenvalue weighted by Crippen LogP contribution is -2.47. The first kappa shape index (κ1) is 24.4. The highest BCUT2D eigenvalue weighted by molar-refractivity contribution is 7.89. The topological polar surface area (TPSA) is 86.8 Å². The second-order valence-electron chi connectivity index (χ2n) is 9.19. The summed E-state index contributed by atoms with van der Waals surface area (Å²) < 4.78 is 28.0. The van der Waals surface area contributed by atoms with Crippen molar-refractivity contribution in [3.63, 3.8) is 0 Å². The molecule has 7 nitrogen and oxygen atoms in total. The van der Waals surface area contributed by atoms with Gasteiger partial charge in [0.1, 0.15) is 6.04 Å². The van der Waals surface area contributed by atoms with E-state index in [-0.39, 0.29) is 16.7 Å². The number of hydrogen-bond acceptors (Lipinski definition) is 4. The fourth-order valence-electron chi connectivity index (χ4n) is 4.95. The van der Waals surface area contributed by atoms with Gasteiger partial charge >= 0.3 is 0 Å². The number of anilines is 1. The highest BCUT2D eigenvalue weighted by atomic mass is 32.2. The van der Waals surface area contributed by atoms with Crippen molar-refractivity contribution < 1.29 is 18.0 Å². The van der Waals surface area contributed by atoms with Crippen molar-refractivity contribution in [2.75, 3.05) is 24.5 Å². The normalized spacial score (nSPS) is 18.9. The van der Waals surface area contributed by atoms with Crippen LogP contribution >= 0.6 is 0 Å². The predicted octanol–water partition coefficient (Wildman–Crippen LogP) is 3.20. The van der Waals surface area contributed by atoms with Gasteiger partial charge in [0, 0.05) is 38.7 Å². The third-order valence-corrected chi connectivity index (χ3v) is 8.73. The van der Waals surface area contributed by atoms with E-state index in [0.29, 0.717) is 43.7 Å². The van der Waals surface area contributed by atoms with Gasteiger partial charge in [0.25, 0.3) is 0 Å². The number of aryl methyl sites for hydroxylation is 1. The molecule has 0 aromatic heterocycles. The van der Waals surface area contributed by atoms with Crippen molar-refractivity contribution in [2.45, 2.75) is 63.3 Å². The van der Waals surface area contributed by atoms with Gasteiger partial charge in [-0.2, -0.15) is 4.31 Å². The molecular weight excluding hydrogens is 450 g/mol. The molecule has 182 valence electrons. The van der Waals surface area contributed by atoms with E-state index in [1.165, 1.54) is 23.0 Å². The van der Waals surface area contributed by atoms with Crippen LogP contribution in [0.25, 0.3) is 0 Å². The van der Waals surface area contributed by atoms with Gasteiger partial charge in [-0.1, -0.05) is 37.1 Å². The summed E-state index contributed by atoms with van der Waals surface area (Å²) in [4.78, 5) is 27.2. The Kier molecular flexibility index (Phi) is 7.38. The summed E-state index contributed by atoms with van der Waals surface area (Å²) in [6.07, 6.45) is 4.83. The highest BCUT2D eigenvalue weighted by Gasteiger charge is 2.38. The summed E-state index contributed by atoms with van der Waals surface area (Å²) in [6, 6.07) is 12.2. The zero-order chi connectivity index (χ0) is 24.3. The third-order valence-electron chi connectivity index (χ3n) is 6.83. The Morgan fingerprint density at radius 1 is 1.03 bits per heavy atom. The van der Waals surface area contributed by atoms with Crippen LogP contribution in [0.4, 0.5) is 5.69 Å². The Bertz CT molecular complexity index is 1170. The number of amides is 2. The van der Waals surface area contributed by atoms with Crippen LogP contribution < -0.4 is 10.2 Å². The number of nitrogens with one attached hydrogen (secondary N) is 1. The fourth-order valence-corrected chi connectivity index (χ4v) is 6.52. The molecule has 0 bridgehead atoms. The van der Waals surface area contributed by atoms with E-state index in [0.717, 1.165) is 25.7 Å². The lowest BCUT2D eigenvalue weighted by molar-refractivity contribution is -0.125. The SMILES string of the molecule is CC(=O)N1c2ccc(S(=O)(=O)N3CCCCCC3)cc2C[C@@H]1C(=O)NCCc1ccccc1C. The molecule has 34 heavy (non-hydrogen) atoms. The Morgan fingerprint density at radius 2 is 1.74 bits per heavy atom. The Labute approximate surface area is 202 Å². The van der Waals surface area contributed by atoms with Gasteiger partial charge < -0.3 is 5.32 Å². The summed E-state index contributed by atoms with van der Waals surface area (Å²) in [7, 11) is -3.60. The average molecular weight is 484 g/mol. The van der Waals surface area contributed by atoms with E-state index >= 15 is 0 Å². The minimum atomic E-state index is -3.60. The maximum absolute atomic E-state index is 13.2. The number of fused-ring (bicyclic) bond motifs is 1. The quantitative estimate of drug-likeness (QED) is 0.684.